The molecule has 0 spiro atoms. The maximum absolute atomic E-state index is 11.9. The lowest BCUT2D eigenvalue weighted by Gasteiger charge is -2.34. The molecule has 0 bridgehead atoms. The van der Waals surface area contributed by atoms with E-state index in [-0.39, 0.29) is 5.97 Å². The van der Waals surface area contributed by atoms with Crippen molar-refractivity contribution in [3.05, 3.63) is 59.2 Å². The zero-order valence-corrected chi connectivity index (χ0v) is 15.2. The zero-order chi connectivity index (χ0) is 17.8. The molecule has 25 heavy (non-hydrogen) atoms. The fourth-order valence-electron chi connectivity index (χ4n) is 3.48. The first-order valence-corrected chi connectivity index (χ1v) is 8.84. The second-order valence-corrected chi connectivity index (χ2v) is 6.71. The molecular formula is C21H26N2O2. The molecule has 1 aliphatic heterocycles. The van der Waals surface area contributed by atoms with Crippen molar-refractivity contribution in [2.45, 2.75) is 32.7 Å². The molecule has 1 aliphatic rings. The van der Waals surface area contributed by atoms with Gasteiger partial charge in [-0.15, -0.1) is 0 Å². The summed E-state index contributed by atoms with van der Waals surface area (Å²) in [5, 5.41) is 3.63. The van der Waals surface area contributed by atoms with Crippen molar-refractivity contribution in [2.24, 2.45) is 0 Å². The molecule has 132 valence electrons. The number of benzene rings is 2. The van der Waals surface area contributed by atoms with Gasteiger partial charge in [0.05, 0.1) is 12.7 Å². The van der Waals surface area contributed by atoms with Crippen LogP contribution in [0.4, 0.5) is 11.4 Å². The summed E-state index contributed by atoms with van der Waals surface area (Å²) in [6, 6.07) is 15.0. The van der Waals surface area contributed by atoms with Gasteiger partial charge in [0.2, 0.25) is 0 Å². The quantitative estimate of drug-likeness (QED) is 0.850. The number of hydrogen-bond donors (Lipinski definition) is 1. The molecule has 1 heterocycles. The average molecular weight is 338 g/mol. The highest BCUT2D eigenvalue weighted by atomic mass is 16.5. The maximum atomic E-state index is 11.9. The minimum Gasteiger partial charge on any atom is -0.465 e. The first-order chi connectivity index (χ1) is 12.1. The van der Waals surface area contributed by atoms with E-state index < -0.39 is 0 Å². The smallest absolute Gasteiger partial charge is 0.338 e. The van der Waals surface area contributed by atoms with Gasteiger partial charge < -0.3 is 15.0 Å². The van der Waals surface area contributed by atoms with Crippen LogP contribution < -0.4 is 10.2 Å². The first kappa shape index (κ1) is 17.3. The number of aryl methyl sites for hydroxylation is 2. The lowest BCUT2D eigenvalue weighted by atomic mass is 10.0. The Kier molecular flexibility index (Phi) is 5.27. The number of carbonyl (C=O) groups is 1. The monoisotopic (exact) mass is 338 g/mol. The number of anilines is 2. The Morgan fingerprint density at radius 2 is 1.76 bits per heavy atom. The predicted octanol–water partition coefficient (Wildman–Crippen LogP) is 4.17. The minimum absolute atomic E-state index is 0.278. The molecule has 0 atom stereocenters. The predicted molar refractivity (Wildman–Crippen MR) is 103 cm³/mol. The van der Waals surface area contributed by atoms with Gasteiger partial charge in [-0.3, -0.25) is 0 Å². The van der Waals surface area contributed by atoms with E-state index in [4.69, 9.17) is 4.74 Å². The summed E-state index contributed by atoms with van der Waals surface area (Å²) in [6.45, 7) is 6.10. The van der Waals surface area contributed by atoms with Crippen molar-refractivity contribution in [3.63, 3.8) is 0 Å². The molecule has 3 rings (SSSR count). The standard InChI is InChI=1S/C21H26N2O2/c1-15-13-16(2)20(14-19(15)21(24)25-3)22-17-9-11-23(12-10-17)18-7-5-4-6-8-18/h4-8,13-14,17,22H,9-12H2,1-3H3. The maximum Gasteiger partial charge on any atom is 0.338 e. The molecule has 0 saturated carbocycles. The van der Waals surface area contributed by atoms with Gasteiger partial charge in [-0.25, -0.2) is 4.79 Å². The van der Waals surface area contributed by atoms with E-state index in [1.165, 1.54) is 12.8 Å². The number of nitrogens with zero attached hydrogens (tertiary/aromatic N) is 1. The SMILES string of the molecule is COC(=O)c1cc(NC2CCN(c3ccccc3)CC2)c(C)cc1C. The van der Waals surface area contributed by atoms with Crippen molar-refractivity contribution >= 4 is 17.3 Å². The van der Waals surface area contributed by atoms with Crippen molar-refractivity contribution in [2.75, 3.05) is 30.4 Å². The van der Waals surface area contributed by atoms with Crippen LogP contribution in [0.25, 0.3) is 0 Å². The number of methoxy groups -OCH3 is 1. The topological polar surface area (TPSA) is 41.6 Å². The van der Waals surface area contributed by atoms with E-state index >= 15 is 0 Å². The van der Waals surface area contributed by atoms with E-state index in [0.29, 0.717) is 11.6 Å². The van der Waals surface area contributed by atoms with Gasteiger partial charge in [0, 0.05) is 30.5 Å². The fourth-order valence-corrected chi connectivity index (χ4v) is 3.48. The number of para-hydroxylation sites is 1. The molecule has 2 aromatic rings. The summed E-state index contributed by atoms with van der Waals surface area (Å²) in [7, 11) is 1.42. The molecule has 1 N–H and O–H groups in total. The summed E-state index contributed by atoms with van der Waals surface area (Å²) < 4.78 is 4.89. The van der Waals surface area contributed by atoms with Crippen molar-refractivity contribution < 1.29 is 9.53 Å². The molecule has 4 nitrogen and oxygen atoms in total. The number of esters is 1. The van der Waals surface area contributed by atoms with E-state index in [1.54, 1.807) is 0 Å². The first-order valence-electron chi connectivity index (χ1n) is 8.84. The van der Waals surface area contributed by atoms with Gasteiger partial charge in [-0.05, 0) is 56.0 Å². The molecule has 0 aliphatic carbocycles. The lowest BCUT2D eigenvalue weighted by Crippen LogP contribution is -2.39. The Bertz CT molecular complexity index is 735. The number of hydrogen-bond acceptors (Lipinski definition) is 4. The van der Waals surface area contributed by atoms with Crippen LogP contribution in [0.3, 0.4) is 0 Å². The fraction of sp³-hybridized carbons (Fsp3) is 0.381. The summed E-state index contributed by atoms with van der Waals surface area (Å²) in [5.41, 5.74) is 5.08. The van der Waals surface area contributed by atoms with E-state index in [9.17, 15) is 4.79 Å². The van der Waals surface area contributed by atoms with Gasteiger partial charge in [-0.2, -0.15) is 0 Å². The number of carbonyl (C=O) groups excluding carboxylic acids is 1. The van der Waals surface area contributed by atoms with Crippen LogP contribution in [0.1, 0.15) is 34.3 Å². The third-order valence-electron chi connectivity index (χ3n) is 4.95. The van der Waals surface area contributed by atoms with Crippen LogP contribution in [0.15, 0.2) is 42.5 Å². The van der Waals surface area contributed by atoms with Crippen molar-refractivity contribution in [1.29, 1.82) is 0 Å². The van der Waals surface area contributed by atoms with Crippen molar-refractivity contribution in [3.8, 4) is 0 Å². The number of piperidine rings is 1. The van der Waals surface area contributed by atoms with Crippen LogP contribution in [-0.2, 0) is 4.74 Å². The van der Waals surface area contributed by atoms with E-state index in [0.717, 1.165) is 42.7 Å². The summed E-state index contributed by atoms with van der Waals surface area (Å²) >= 11 is 0. The lowest BCUT2D eigenvalue weighted by molar-refractivity contribution is 0.0600. The average Bonchev–Trinajstić information content (AvgIpc) is 2.64. The minimum atomic E-state index is -0.278. The van der Waals surface area contributed by atoms with Crippen molar-refractivity contribution in [1.82, 2.24) is 0 Å². The number of rotatable bonds is 4. The largest absolute Gasteiger partial charge is 0.465 e. The molecule has 1 saturated heterocycles. The van der Waals surface area contributed by atoms with Crippen LogP contribution >= 0.6 is 0 Å². The molecular weight excluding hydrogens is 312 g/mol. The zero-order valence-electron chi connectivity index (χ0n) is 15.2. The molecule has 0 unspecified atom stereocenters. The van der Waals surface area contributed by atoms with Crippen LogP contribution in [0, 0.1) is 13.8 Å². The second-order valence-electron chi connectivity index (χ2n) is 6.71. The van der Waals surface area contributed by atoms with Gasteiger partial charge in [-0.1, -0.05) is 24.3 Å². The Hall–Kier alpha value is -2.49. The Balaban J connectivity index is 1.67. The van der Waals surface area contributed by atoms with Crippen LogP contribution in [0.5, 0.6) is 0 Å². The van der Waals surface area contributed by atoms with Gasteiger partial charge in [0.25, 0.3) is 0 Å². The van der Waals surface area contributed by atoms with Gasteiger partial charge >= 0.3 is 5.97 Å². The Labute approximate surface area is 149 Å². The summed E-state index contributed by atoms with van der Waals surface area (Å²) in [6.07, 6.45) is 2.16. The van der Waals surface area contributed by atoms with E-state index in [2.05, 4.69) is 47.5 Å². The van der Waals surface area contributed by atoms with Crippen LogP contribution in [-0.4, -0.2) is 32.2 Å². The third kappa shape index (κ3) is 3.95. The molecule has 0 amide bonds. The molecule has 4 heteroatoms. The normalized spacial score (nSPS) is 15.1. The molecule has 0 aromatic heterocycles. The van der Waals surface area contributed by atoms with Gasteiger partial charge in [0.15, 0.2) is 0 Å². The number of ether oxygens (including phenoxy) is 1. The summed E-state index contributed by atoms with van der Waals surface area (Å²) in [5.74, 6) is -0.278. The summed E-state index contributed by atoms with van der Waals surface area (Å²) in [4.78, 5) is 14.4. The van der Waals surface area contributed by atoms with E-state index in [1.807, 2.05) is 19.1 Å². The number of nitrogens with one attached hydrogen (secondary N) is 1. The highest BCUT2D eigenvalue weighted by Gasteiger charge is 2.20. The highest BCUT2D eigenvalue weighted by Crippen LogP contribution is 2.26. The Morgan fingerprint density at radius 1 is 1.08 bits per heavy atom. The molecule has 0 radical (unpaired) electrons. The third-order valence-corrected chi connectivity index (χ3v) is 4.95. The molecule has 2 aromatic carbocycles. The van der Waals surface area contributed by atoms with Gasteiger partial charge in [0.1, 0.15) is 0 Å². The highest BCUT2D eigenvalue weighted by molar-refractivity contribution is 5.92. The molecule has 1 fully saturated rings. The Morgan fingerprint density at radius 3 is 2.40 bits per heavy atom. The van der Waals surface area contributed by atoms with Crippen LogP contribution in [0.2, 0.25) is 0 Å². The second kappa shape index (κ2) is 7.60.